The van der Waals surface area contributed by atoms with Crippen LogP contribution in [0, 0.1) is 5.41 Å². The highest BCUT2D eigenvalue weighted by atomic mass is 15.1. The lowest BCUT2D eigenvalue weighted by Crippen LogP contribution is -2.44. The van der Waals surface area contributed by atoms with Crippen LogP contribution >= 0.6 is 0 Å². The van der Waals surface area contributed by atoms with Gasteiger partial charge in [-0.05, 0) is 51.2 Å². The van der Waals surface area contributed by atoms with Gasteiger partial charge in [0.05, 0.1) is 0 Å². The fourth-order valence-electron chi connectivity index (χ4n) is 3.62. The van der Waals surface area contributed by atoms with Crippen LogP contribution in [0.5, 0.6) is 0 Å². The van der Waals surface area contributed by atoms with E-state index in [9.17, 15) is 0 Å². The fourth-order valence-corrected chi connectivity index (χ4v) is 3.62. The Morgan fingerprint density at radius 1 is 1.06 bits per heavy atom. The molecule has 17 heavy (non-hydrogen) atoms. The standard InChI is InChI=1S/C15H30N2/c1-15(9-11-16-12-10-15)13-17(2)14-7-5-3-4-6-8-14/h14,16H,3-13H2,1-2H3. The maximum absolute atomic E-state index is 3.48. The molecule has 1 N–H and O–H groups in total. The zero-order valence-electron chi connectivity index (χ0n) is 11.8. The number of nitrogens with zero attached hydrogens (tertiary/aromatic N) is 1. The molecule has 0 radical (unpaired) electrons. The molecule has 0 amide bonds. The summed E-state index contributed by atoms with van der Waals surface area (Å²) in [5.74, 6) is 0. The van der Waals surface area contributed by atoms with Crippen LogP contribution in [0.25, 0.3) is 0 Å². The third-order valence-electron chi connectivity index (χ3n) is 4.89. The summed E-state index contributed by atoms with van der Waals surface area (Å²) in [6.45, 7) is 6.23. The first-order valence-electron chi connectivity index (χ1n) is 7.61. The molecule has 0 aromatic rings. The van der Waals surface area contributed by atoms with E-state index in [4.69, 9.17) is 0 Å². The van der Waals surface area contributed by atoms with Gasteiger partial charge in [0, 0.05) is 12.6 Å². The van der Waals surface area contributed by atoms with Crippen LogP contribution in [0.4, 0.5) is 0 Å². The second-order valence-corrected chi connectivity index (χ2v) is 6.62. The first-order valence-corrected chi connectivity index (χ1v) is 7.61. The van der Waals surface area contributed by atoms with E-state index in [1.165, 1.54) is 71.0 Å². The summed E-state index contributed by atoms with van der Waals surface area (Å²) in [5, 5.41) is 3.48. The van der Waals surface area contributed by atoms with E-state index in [1.807, 2.05) is 0 Å². The molecule has 2 rings (SSSR count). The Balaban J connectivity index is 1.83. The Kier molecular flexibility index (Phi) is 4.87. The predicted octanol–water partition coefficient (Wildman–Crippen LogP) is 3.03. The summed E-state index contributed by atoms with van der Waals surface area (Å²) in [6.07, 6.45) is 11.4. The maximum Gasteiger partial charge on any atom is 0.00924 e. The number of rotatable bonds is 3. The van der Waals surface area contributed by atoms with Crippen LogP contribution in [-0.2, 0) is 0 Å². The summed E-state index contributed by atoms with van der Waals surface area (Å²) >= 11 is 0. The Hall–Kier alpha value is -0.0800. The van der Waals surface area contributed by atoms with Crippen molar-refractivity contribution >= 4 is 0 Å². The fraction of sp³-hybridized carbons (Fsp3) is 1.00. The molecular weight excluding hydrogens is 208 g/mol. The van der Waals surface area contributed by atoms with E-state index >= 15 is 0 Å². The van der Waals surface area contributed by atoms with Crippen LogP contribution in [0.2, 0.25) is 0 Å². The first kappa shape index (κ1) is 13.4. The predicted molar refractivity (Wildman–Crippen MR) is 74.3 cm³/mol. The van der Waals surface area contributed by atoms with Crippen LogP contribution in [0.15, 0.2) is 0 Å². The van der Waals surface area contributed by atoms with Crippen molar-refractivity contribution < 1.29 is 0 Å². The van der Waals surface area contributed by atoms with Crippen molar-refractivity contribution in [3.05, 3.63) is 0 Å². The normalized spacial score (nSPS) is 27.0. The third-order valence-corrected chi connectivity index (χ3v) is 4.89. The smallest absolute Gasteiger partial charge is 0.00924 e. The van der Waals surface area contributed by atoms with Gasteiger partial charge in [-0.15, -0.1) is 0 Å². The van der Waals surface area contributed by atoms with Gasteiger partial charge in [0.25, 0.3) is 0 Å². The summed E-state index contributed by atoms with van der Waals surface area (Å²) < 4.78 is 0. The molecule has 0 spiro atoms. The quantitative estimate of drug-likeness (QED) is 0.760. The molecule has 1 saturated heterocycles. The Bertz CT molecular complexity index is 213. The molecule has 2 heteroatoms. The summed E-state index contributed by atoms with van der Waals surface area (Å²) in [4.78, 5) is 2.68. The van der Waals surface area contributed by atoms with Gasteiger partial charge in [-0.1, -0.05) is 32.6 Å². The molecule has 2 fully saturated rings. The first-order chi connectivity index (χ1) is 8.20. The summed E-state index contributed by atoms with van der Waals surface area (Å²) in [7, 11) is 2.36. The van der Waals surface area contributed by atoms with Gasteiger partial charge in [-0.3, -0.25) is 0 Å². The van der Waals surface area contributed by atoms with Crippen LogP contribution in [0.3, 0.4) is 0 Å². The van der Waals surface area contributed by atoms with Crippen molar-refractivity contribution in [1.29, 1.82) is 0 Å². The van der Waals surface area contributed by atoms with Gasteiger partial charge in [0.2, 0.25) is 0 Å². The number of hydrogen-bond acceptors (Lipinski definition) is 2. The highest BCUT2D eigenvalue weighted by Gasteiger charge is 2.30. The highest BCUT2D eigenvalue weighted by Crippen LogP contribution is 2.31. The lowest BCUT2D eigenvalue weighted by Gasteiger charge is -2.40. The zero-order chi connectivity index (χ0) is 12.1. The minimum absolute atomic E-state index is 0.562. The van der Waals surface area contributed by atoms with Gasteiger partial charge in [-0.25, -0.2) is 0 Å². The van der Waals surface area contributed by atoms with Crippen molar-refractivity contribution in [2.45, 2.75) is 64.3 Å². The minimum atomic E-state index is 0.562. The molecule has 100 valence electrons. The Morgan fingerprint density at radius 2 is 1.65 bits per heavy atom. The number of hydrogen-bond donors (Lipinski definition) is 1. The molecule has 1 heterocycles. The largest absolute Gasteiger partial charge is 0.317 e. The van der Waals surface area contributed by atoms with Gasteiger partial charge < -0.3 is 10.2 Å². The molecule has 0 unspecified atom stereocenters. The number of nitrogens with one attached hydrogen (secondary N) is 1. The maximum atomic E-state index is 3.48. The van der Waals surface area contributed by atoms with Crippen molar-refractivity contribution in [1.82, 2.24) is 10.2 Å². The topological polar surface area (TPSA) is 15.3 Å². The van der Waals surface area contributed by atoms with E-state index in [0.717, 1.165) is 6.04 Å². The lowest BCUT2D eigenvalue weighted by molar-refractivity contribution is 0.109. The van der Waals surface area contributed by atoms with E-state index in [2.05, 4.69) is 24.2 Å². The molecule has 0 atom stereocenters. The van der Waals surface area contributed by atoms with Gasteiger partial charge in [0.15, 0.2) is 0 Å². The van der Waals surface area contributed by atoms with E-state index < -0.39 is 0 Å². The van der Waals surface area contributed by atoms with Gasteiger partial charge in [0.1, 0.15) is 0 Å². The second kappa shape index (κ2) is 6.19. The monoisotopic (exact) mass is 238 g/mol. The van der Waals surface area contributed by atoms with Crippen LogP contribution < -0.4 is 5.32 Å². The average Bonchev–Trinajstić information content (AvgIpc) is 2.57. The SMILES string of the molecule is CN(CC1(C)CCNCC1)C1CCCCCC1. The molecule has 0 aromatic carbocycles. The number of piperidine rings is 1. The van der Waals surface area contributed by atoms with Crippen molar-refractivity contribution in [2.75, 3.05) is 26.7 Å². The van der Waals surface area contributed by atoms with Crippen molar-refractivity contribution in [3.63, 3.8) is 0 Å². The Morgan fingerprint density at radius 3 is 2.24 bits per heavy atom. The van der Waals surface area contributed by atoms with Crippen molar-refractivity contribution in [2.24, 2.45) is 5.41 Å². The highest BCUT2D eigenvalue weighted by molar-refractivity contribution is 4.85. The lowest BCUT2D eigenvalue weighted by atomic mass is 9.80. The second-order valence-electron chi connectivity index (χ2n) is 6.62. The van der Waals surface area contributed by atoms with Crippen LogP contribution in [-0.4, -0.2) is 37.6 Å². The van der Waals surface area contributed by atoms with Gasteiger partial charge >= 0.3 is 0 Å². The molecule has 1 aliphatic heterocycles. The molecule has 1 saturated carbocycles. The van der Waals surface area contributed by atoms with E-state index in [0.29, 0.717) is 5.41 Å². The molecule has 1 aliphatic carbocycles. The molecule has 2 nitrogen and oxygen atoms in total. The third kappa shape index (κ3) is 3.96. The van der Waals surface area contributed by atoms with E-state index in [1.54, 1.807) is 0 Å². The van der Waals surface area contributed by atoms with E-state index in [-0.39, 0.29) is 0 Å². The molecule has 2 aliphatic rings. The van der Waals surface area contributed by atoms with Crippen molar-refractivity contribution in [3.8, 4) is 0 Å². The Labute approximate surface area is 107 Å². The summed E-state index contributed by atoms with van der Waals surface area (Å²) in [6, 6.07) is 0.865. The molecule has 0 bridgehead atoms. The molecule has 0 aromatic heterocycles. The molecular formula is C15H30N2. The zero-order valence-corrected chi connectivity index (χ0v) is 11.8. The summed E-state index contributed by atoms with van der Waals surface area (Å²) in [5.41, 5.74) is 0.562. The minimum Gasteiger partial charge on any atom is -0.317 e. The average molecular weight is 238 g/mol. The van der Waals surface area contributed by atoms with Gasteiger partial charge in [-0.2, -0.15) is 0 Å². The van der Waals surface area contributed by atoms with Crippen LogP contribution in [0.1, 0.15) is 58.3 Å².